The van der Waals surface area contributed by atoms with Gasteiger partial charge >= 0.3 is 0 Å². The summed E-state index contributed by atoms with van der Waals surface area (Å²) in [5, 5.41) is 18.3. The molecular formula is C28H26Br2N6O3. The Hall–Kier alpha value is -3.70. The molecule has 0 radical (unpaired) electrons. The van der Waals surface area contributed by atoms with Crippen molar-refractivity contribution in [3.63, 3.8) is 0 Å². The first-order valence-electron chi connectivity index (χ1n) is 12.3. The number of rotatable bonds is 8. The standard InChI is InChI=1S/C28H26Br2N6O3/c1-4-38-23-14-19(13-22(30)26(23)39-15-18-8-10-20(29)11-9-18)25-24(17(3)31-28-33-34-35-36(25)28)27(37)32-21-7-5-6-16(2)12-21/h5-14,25H,4,15H2,1-3H3,(H,32,37)(H,31,33,35). The van der Waals surface area contributed by atoms with E-state index < -0.39 is 6.04 Å². The molecule has 9 nitrogen and oxygen atoms in total. The lowest BCUT2D eigenvalue weighted by Gasteiger charge is -2.28. The summed E-state index contributed by atoms with van der Waals surface area (Å²) in [5.74, 6) is 1.29. The third-order valence-electron chi connectivity index (χ3n) is 6.18. The van der Waals surface area contributed by atoms with E-state index in [-0.39, 0.29) is 5.91 Å². The van der Waals surface area contributed by atoms with Gasteiger partial charge in [-0.3, -0.25) is 4.79 Å². The van der Waals surface area contributed by atoms with Gasteiger partial charge in [0.2, 0.25) is 5.95 Å². The first-order chi connectivity index (χ1) is 18.8. The first-order valence-corrected chi connectivity index (χ1v) is 13.9. The summed E-state index contributed by atoms with van der Waals surface area (Å²) < 4.78 is 15.5. The van der Waals surface area contributed by atoms with Crippen LogP contribution in [0.4, 0.5) is 11.6 Å². The van der Waals surface area contributed by atoms with E-state index >= 15 is 0 Å². The lowest BCUT2D eigenvalue weighted by molar-refractivity contribution is -0.113. The van der Waals surface area contributed by atoms with Crippen LogP contribution in [0.25, 0.3) is 0 Å². The molecule has 2 N–H and O–H groups in total. The number of nitrogens with zero attached hydrogens (tertiary/aromatic N) is 4. The second-order valence-corrected chi connectivity index (χ2v) is 10.8. The molecule has 3 aromatic carbocycles. The molecule has 0 fully saturated rings. The fourth-order valence-corrected chi connectivity index (χ4v) is 5.26. The zero-order chi connectivity index (χ0) is 27.5. The number of tetrazole rings is 1. The largest absolute Gasteiger partial charge is 0.490 e. The molecule has 39 heavy (non-hydrogen) atoms. The van der Waals surface area contributed by atoms with E-state index in [1.54, 1.807) is 4.68 Å². The average molecular weight is 654 g/mol. The van der Waals surface area contributed by atoms with E-state index in [2.05, 4.69) is 58.0 Å². The third kappa shape index (κ3) is 5.84. The summed E-state index contributed by atoms with van der Waals surface area (Å²) >= 11 is 7.14. The van der Waals surface area contributed by atoms with Crippen LogP contribution in [0.15, 0.2) is 80.9 Å². The van der Waals surface area contributed by atoms with Crippen molar-refractivity contribution in [3.8, 4) is 11.5 Å². The minimum Gasteiger partial charge on any atom is -0.490 e. The maximum absolute atomic E-state index is 13.7. The van der Waals surface area contributed by atoms with Gasteiger partial charge in [-0.1, -0.05) is 45.3 Å². The first kappa shape index (κ1) is 26.9. The van der Waals surface area contributed by atoms with Crippen molar-refractivity contribution in [2.75, 3.05) is 17.2 Å². The molecule has 0 bridgehead atoms. The highest BCUT2D eigenvalue weighted by Crippen LogP contribution is 2.43. The number of ether oxygens (including phenoxy) is 2. The quantitative estimate of drug-likeness (QED) is 0.226. The van der Waals surface area contributed by atoms with Crippen LogP contribution in [0.2, 0.25) is 0 Å². The van der Waals surface area contributed by atoms with Crippen LogP contribution >= 0.6 is 31.9 Å². The second-order valence-electron chi connectivity index (χ2n) is 9.02. The predicted molar refractivity (Wildman–Crippen MR) is 156 cm³/mol. The molecule has 5 rings (SSSR count). The monoisotopic (exact) mass is 652 g/mol. The van der Waals surface area contributed by atoms with Gasteiger partial charge in [0.1, 0.15) is 12.6 Å². The van der Waals surface area contributed by atoms with Gasteiger partial charge in [0.15, 0.2) is 11.5 Å². The van der Waals surface area contributed by atoms with Gasteiger partial charge in [-0.25, -0.2) is 0 Å². The summed E-state index contributed by atoms with van der Waals surface area (Å²) in [7, 11) is 0. The topological polar surface area (TPSA) is 103 Å². The summed E-state index contributed by atoms with van der Waals surface area (Å²) in [6.07, 6.45) is 0. The van der Waals surface area contributed by atoms with Crippen molar-refractivity contribution in [3.05, 3.63) is 97.6 Å². The molecule has 1 amide bonds. The van der Waals surface area contributed by atoms with Gasteiger partial charge in [-0.05, 0) is 100 Å². The molecule has 200 valence electrons. The minimum absolute atomic E-state index is 0.263. The van der Waals surface area contributed by atoms with E-state index in [1.807, 2.05) is 81.4 Å². The molecule has 1 aliphatic rings. The highest BCUT2D eigenvalue weighted by Gasteiger charge is 2.35. The van der Waals surface area contributed by atoms with Gasteiger partial charge < -0.3 is 20.1 Å². The van der Waals surface area contributed by atoms with Crippen LogP contribution in [0.5, 0.6) is 11.5 Å². The van der Waals surface area contributed by atoms with E-state index in [4.69, 9.17) is 9.47 Å². The minimum atomic E-state index is -0.614. The maximum Gasteiger partial charge on any atom is 0.255 e. The Morgan fingerprint density at radius 1 is 1.08 bits per heavy atom. The van der Waals surface area contributed by atoms with Crippen LogP contribution in [-0.4, -0.2) is 32.7 Å². The van der Waals surface area contributed by atoms with Crippen molar-refractivity contribution in [1.29, 1.82) is 0 Å². The van der Waals surface area contributed by atoms with Gasteiger partial charge in [0, 0.05) is 15.9 Å². The Balaban J connectivity index is 1.52. The molecule has 0 saturated carbocycles. The Kier molecular flexibility index (Phi) is 7.99. The summed E-state index contributed by atoms with van der Waals surface area (Å²) in [6, 6.07) is 18.8. The number of carbonyl (C=O) groups excluding carboxylic acids is 1. The van der Waals surface area contributed by atoms with Gasteiger partial charge in [0.05, 0.1) is 16.7 Å². The summed E-state index contributed by atoms with van der Waals surface area (Å²) in [5.41, 5.74) is 4.65. The number of hydrogen-bond acceptors (Lipinski definition) is 7. The fourth-order valence-electron chi connectivity index (χ4n) is 4.42. The maximum atomic E-state index is 13.7. The van der Waals surface area contributed by atoms with Crippen molar-refractivity contribution in [2.45, 2.75) is 33.4 Å². The van der Waals surface area contributed by atoms with Gasteiger partial charge in [-0.15, -0.1) is 0 Å². The lowest BCUT2D eigenvalue weighted by atomic mass is 9.94. The van der Waals surface area contributed by atoms with Gasteiger partial charge in [0.25, 0.3) is 5.91 Å². The van der Waals surface area contributed by atoms with Crippen LogP contribution in [-0.2, 0) is 11.4 Å². The van der Waals surface area contributed by atoms with Crippen molar-refractivity contribution >= 4 is 49.4 Å². The number of aromatic nitrogens is 4. The number of anilines is 2. The molecule has 0 aliphatic carbocycles. The number of aryl methyl sites for hydroxylation is 1. The van der Waals surface area contributed by atoms with Crippen LogP contribution < -0.4 is 20.1 Å². The molecule has 0 spiro atoms. The van der Waals surface area contributed by atoms with Crippen molar-refractivity contribution in [1.82, 2.24) is 20.2 Å². The average Bonchev–Trinajstić information content (AvgIpc) is 3.36. The number of hydrogen-bond donors (Lipinski definition) is 2. The van der Waals surface area contributed by atoms with Gasteiger partial charge in [-0.2, -0.15) is 4.68 Å². The lowest BCUT2D eigenvalue weighted by Crippen LogP contribution is -2.31. The highest BCUT2D eigenvalue weighted by atomic mass is 79.9. The molecule has 1 aliphatic heterocycles. The SMILES string of the molecule is CCOc1cc(C2C(C(=O)Nc3cccc(C)c3)=C(C)Nc3nnnn32)cc(Br)c1OCc1ccc(Br)cc1. The van der Waals surface area contributed by atoms with Crippen molar-refractivity contribution in [2.24, 2.45) is 0 Å². The normalized spacial score (nSPS) is 14.4. The number of amides is 1. The molecule has 1 unspecified atom stereocenters. The Morgan fingerprint density at radius 2 is 1.87 bits per heavy atom. The van der Waals surface area contributed by atoms with Crippen molar-refractivity contribution < 1.29 is 14.3 Å². The molecule has 1 atom stereocenters. The molecule has 0 saturated heterocycles. The molecule has 1 aromatic heterocycles. The molecule has 2 heterocycles. The van der Waals surface area contributed by atoms with E-state index in [9.17, 15) is 4.79 Å². The van der Waals surface area contributed by atoms with E-state index in [1.165, 1.54) is 0 Å². The number of carbonyl (C=O) groups is 1. The van der Waals surface area contributed by atoms with Crippen LogP contribution in [0.3, 0.4) is 0 Å². The zero-order valence-electron chi connectivity index (χ0n) is 21.5. The Morgan fingerprint density at radius 3 is 2.62 bits per heavy atom. The number of halogens is 2. The smallest absolute Gasteiger partial charge is 0.255 e. The number of fused-ring (bicyclic) bond motifs is 1. The number of allylic oxidation sites excluding steroid dienone is 1. The third-order valence-corrected chi connectivity index (χ3v) is 7.30. The predicted octanol–water partition coefficient (Wildman–Crippen LogP) is 6.41. The van der Waals surface area contributed by atoms with Crippen LogP contribution in [0.1, 0.15) is 36.6 Å². The Bertz CT molecular complexity index is 1550. The van der Waals surface area contributed by atoms with E-state index in [0.717, 1.165) is 21.2 Å². The highest BCUT2D eigenvalue weighted by molar-refractivity contribution is 9.10. The summed E-state index contributed by atoms with van der Waals surface area (Å²) in [4.78, 5) is 13.7. The molecule has 4 aromatic rings. The summed E-state index contributed by atoms with van der Waals surface area (Å²) in [6.45, 7) is 6.52. The van der Waals surface area contributed by atoms with Crippen LogP contribution in [0, 0.1) is 6.92 Å². The number of nitrogens with one attached hydrogen (secondary N) is 2. The molecular weight excluding hydrogens is 628 g/mol. The molecule has 11 heteroatoms. The van der Waals surface area contributed by atoms with E-state index in [0.29, 0.717) is 52.1 Å². The fraction of sp³-hybridized carbons (Fsp3) is 0.214. The second kappa shape index (κ2) is 11.6. The Labute approximate surface area is 242 Å². The number of benzene rings is 3. The zero-order valence-corrected chi connectivity index (χ0v) is 24.7.